The molecule has 2 atom stereocenters. The first kappa shape index (κ1) is 13.4. The average Bonchev–Trinajstić information content (AvgIpc) is 2.27. The molecule has 0 aromatic carbocycles. The SMILES string of the molecule is COCCC(C)NC(C)c1ccc(Cl)nc1. The minimum absolute atomic E-state index is 0.275. The Hall–Kier alpha value is -0.640. The molecule has 0 bridgehead atoms. The number of methoxy groups -OCH3 is 1. The second-order valence-electron chi connectivity index (χ2n) is 3.99. The first-order valence-electron chi connectivity index (χ1n) is 5.50. The fraction of sp³-hybridized carbons (Fsp3) is 0.583. The maximum atomic E-state index is 5.74. The van der Waals surface area contributed by atoms with E-state index in [4.69, 9.17) is 16.3 Å². The van der Waals surface area contributed by atoms with Gasteiger partial charge in [0.25, 0.3) is 0 Å². The van der Waals surface area contributed by atoms with Gasteiger partial charge in [-0.1, -0.05) is 17.7 Å². The molecule has 1 heterocycles. The van der Waals surface area contributed by atoms with Crippen molar-refractivity contribution in [2.45, 2.75) is 32.4 Å². The van der Waals surface area contributed by atoms with Crippen LogP contribution in [-0.2, 0) is 4.74 Å². The van der Waals surface area contributed by atoms with E-state index in [1.807, 2.05) is 18.3 Å². The van der Waals surface area contributed by atoms with Crippen LogP contribution >= 0.6 is 11.6 Å². The third-order valence-electron chi connectivity index (χ3n) is 2.54. The molecule has 4 heteroatoms. The number of pyridine rings is 1. The molecule has 0 aliphatic carbocycles. The molecule has 0 aliphatic heterocycles. The second kappa shape index (κ2) is 6.84. The summed E-state index contributed by atoms with van der Waals surface area (Å²) in [5.41, 5.74) is 1.15. The van der Waals surface area contributed by atoms with Crippen LogP contribution < -0.4 is 5.32 Å². The van der Waals surface area contributed by atoms with Crippen molar-refractivity contribution in [1.82, 2.24) is 10.3 Å². The van der Waals surface area contributed by atoms with Crippen molar-refractivity contribution in [2.24, 2.45) is 0 Å². The Morgan fingerprint density at radius 1 is 1.44 bits per heavy atom. The third kappa shape index (κ3) is 4.47. The van der Waals surface area contributed by atoms with Gasteiger partial charge >= 0.3 is 0 Å². The maximum Gasteiger partial charge on any atom is 0.129 e. The first-order valence-corrected chi connectivity index (χ1v) is 5.87. The van der Waals surface area contributed by atoms with Crippen molar-refractivity contribution in [3.05, 3.63) is 29.0 Å². The highest BCUT2D eigenvalue weighted by molar-refractivity contribution is 6.29. The number of hydrogen-bond acceptors (Lipinski definition) is 3. The summed E-state index contributed by atoms with van der Waals surface area (Å²) in [6.07, 6.45) is 2.81. The van der Waals surface area contributed by atoms with Gasteiger partial charge in [0.2, 0.25) is 0 Å². The van der Waals surface area contributed by atoms with Gasteiger partial charge < -0.3 is 10.1 Å². The molecule has 0 amide bonds. The summed E-state index contributed by atoms with van der Waals surface area (Å²) in [5, 5.41) is 4.02. The molecule has 0 aliphatic rings. The smallest absolute Gasteiger partial charge is 0.129 e. The normalized spacial score (nSPS) is 14.8. The Bertz CT molecular complexity index is 302. The Morgan fingerprint density at radius 2 is 2.19 bits per heavy atom. The molecule has 90 valence electrons. The lowest BCUT2D eigenvalue weighted by Crippen LogP contribution is -2.29. The van der Waals surface area contributed by atoms with Gasteiger partial charge in [0.15, 0.2) is 0 Å². The topological polar surface area (TPSA) is 34.1 Å². The van der Waals surface area contributed by atoms with E-state index in [0.29, 0.717) is 11.2 Å². The molecule has 1 rings (SSSR count). The number of ether oxygens (including phenoxy) is 1. The zero-order chi connectivity index (χ0) is 12.0. The molecule has 0 spiro atoms. The summed E-state index contributed by atoms with van der Waals surface area (Å²) in [5.74, 6) is 0. The Kier molecular flexibility index (Phi) is 5.74. The summed E-state index contributed by atoms with van der Waals surface area (Å²) in [6, 6.07) is 4.51. The molecule has 1 N–H and O–H groups in total. The summed E-state index contributed by atoms with van der Waals surface area (Å²) >= 11 is 5.74. The van der Waals surface area contributed by atoms with Gasteiger partial charge in [0, 0.05) is 32.0 Å². The highest BCUT2D eigenvalue weighted by Gasteiger charge is 2.09. The van der Waals surface area contributed by atoms with Crippen molar-refractivity contribution in [1.29, 1.82) is 0 Å². The number of aromatic nitrogens is 1. The van der Waals surface area contributed by atoms with Crippen molar-refractivity contribution in [3.8, 4) is 0 Å². The predicted octanol–water partition coefficient (Wildman–Crippen LogP) is 2.81. The van der Waals surface area contributed by atoms with Crippen molar-refractivity contribution in [2.75, 3.05) is 13.7 Å². The van der Waals surface area contributed by atoms with Crippen LogP contribution in [0.25, 0.3) is 0 Å². The first-order chi connectivity index (χ1) is 7.63. The molecular weight excluding hydrogens is 224 g/mol. The molecule has 2 unspecified atom stereocenters. The highest BCUT2D eigenvalue weighted by Crippen LogP contribution is 2.14. The van der Waals surface area contributed by atoms with Crippen LogP contribution in [0.5, 0.6) is 0 Å². The van der Waals surface area contributed by atoms with E-state index in [9.17, 15) is 0 Å². The number of rotatable bonds is 6. The lowest BCUT2D eigenvalue weighted by atomic mass is 10.1. The molecule has 0 saturated carbocycles. The van der Waals surface area contributed by atoms with Gasteiger partial charge in [-0.15, -0.1) is 0 Å². The lowest BCUT2D eigenvalue weighted by molar-refractivity contribution is 0.183. The highest BCUT2D eigenvalue weighted by atomic mass is 35.5. The Balaban J connectivity index is 2.45. The van der Waals surface area contributed by atoms with E-state index in [2.05, 4.69) is 24.1 Å². The Labute approximate surface area is 102 Å². The van der Waals surface area contributed by atoms with Crippen LogP contribution in [-0.4, -0.2) is 24.7 Å². The average molecular weight is 243 g/mol. The van der Waals surface area contributed by atoms with E-state index in [1.54, 1.807) is 7.11 Å². The minimum atomic E-state index is 0.275. The molecule has 0 radical (unpaired) electrons. The maximum absolute atomic E-state index is 5.74. The van der Waals surface area contributed by atoms with Crippen molar-refractivity contribution >= 4 is 11.6 Å². The lowest BCUT2D eigenvalue weighted by Gasteiger charge is -2.19. The van der Waals surface area contributed by atoms with Crippen LogP contribution in [0.2, 0.25) is 5.15 Å². The molecule has 0 saturated heterocycles. The molecule has 16 heavy (non-hydrogen) atoms. The van der Waals surface area contributed by atoms with Crippen LogP contribution in [0.15, 0.2) is 18.3 Å². The van der Waals surface area contributed by atoms with Crippen molar-refractivity contribution < 1.29 is 4.74 Å². The van der Waals surface area contributed by atoms with E-state index >= 15 is 0 Å². The minimum Gasteiger partial charge on any atom is -0.385 e. The summed E-state index contributed by atoms with van der Waals surface area (Å²) in [7, 11) is 1.72. The molecule has 0 fully saturated rings. The molecular formula is C12H19ClN2O. The van der Waals surface area contributed by atoms with E-state index in [-0.39, 0.29) is 6.04 Å². The third-order valence-corrected chi connectivity index (χ3v) is 2.76. The largest absolute Gasteiger partial charge is 0.385 e. The monoisotopic (exact) mass is 242 g/mol. The van der Waals surface area contributed by atoms with Gasteiger partial charge in [-0.05, 0) is 31.9 Å². The zero-order valence-corrected chi connectivity index (χ0v) is 10.8. The van der Waals surface area contributed by atoms with Gasteiger partial charge in [0.1, 0.15) is 5.15 Å². The summed E-state index contributed by atoms with van der Waals surface area (Å²) in [6.45, 7) is 5.05. The van der Waals surface area contributed by atoms with Gasteiger partial charge in [0.05, 0.1) is 0 Å². The number of halogens is 1. The van der Waals surface area contributed by atoms with E-state index < -0.39 is 0 Å². The van der Waals surface area contributed by atoms with Crippen LogP contribution in [0.4, 0.5) is 0 Å². The van der Waals surface area contributed by atoms with Crippen LogP contribution in [0.3, 0.4) is 0 Å². The standard InChI is InChI=1S/C12H19ClN2O/c1-9(6-7-16-3)15-10(2)11-4-5-12(13)14-8-11/h4-5,8-10,15H,6-7H2,1-3H3. The second-order valence-corrected chi connectivity index (χ2v) is 4.37. The fourth-order valence-corrected chi connectivity index (χ4v) is 1.66. The zero-order valence-electron chi connectivity index (χ0n) is 10.0. The van der Waals surface area contributed by atoms with E-state index in [1.165, 1.54) is 0 Å². The van der Waals surface area contributed by atoms with Gasteiger partial charge in [-0.3, -0.25) is 0 Å². The molecule has 1 aromatic rings. The Morgan fingerprint density at radius 3 is 2.75 bits per heavy atom. The number of hydrogen-bond donors (Lipinski definition) is 1. The molecule has 3 nitrogen and oxygen atoms in total. The number of nitrogens with one attached hydrogen (secondary N) is 1. The van der Waals surface area contributed by atoms with Gasteiger partial charge in [-0.2, -0.15) is 0 Å². The van der Waals surface area contributed by atoms with Crippen molar-refractivity contribution in [3.63, 3.8) is 0 Å². The van der Waals surface area contributed by atoms with Crippen LogP contribution in [0.1, 0.15) is 31.9 Å². The van der Waals surface area contributed by atoms with Crippen LogP contribution in [0, 0.1) is 0 Å². The van der Waals surface area contributed by atoms with Gasteiger partial charge in [-0.25, -0.2) is 4.98 Å². The summed E-state index contributed by atoms with van der Waals surface area (Å²) < 4.78 is 5.05. The molecule has 1 aromatic heterocycles. The predicted molar refractivity (Wildman–Crippen MR) is 66.8 cm³/mol. The fourth-order valence-electron chi connectivity index (χ4n) is 1.54. The quantitative estimate of drug-likeness (QED) is 0.779. The number of nitrogens with zero attached hydrogens (tertiary/aromatic N) is 1. The van der Waals surface area contributed by atoms with E-state index in [0.717, 1.165) is 18.6 Å². The summed E-state index contributed by atoms with van der Waals surface area (Å²) in [4.78, 5) is 4.07.